The predicted molar refractivity (Wildman–Crippen MR) is 123 cm³/mol. The largest absolute Gasteiger partial charge is 0.493 e. The second kappa shape index (κ2) is 7.59. The molecule has 0 aliphatic heterocycles. The third-order valence-electron chi connectivity index (χ3n) is 7.67. The van der Waals surface area contributed by atoms with Gasteiger partial charge in [-0.1, -0.05) is 12.2 Å². The van der Waals surface area contributed by atoms with Crippen molar-refractivity contribution in [2.45, 2.75) is 25.8 Å². The molecule has 3 aliphatic rings. The fraction of sp³-hybridized carbons (Fsp3) is 0.560. The molecule has 1 N–H and O–H groups in total. The van der Waals surface area contributed by atoms with E-state index in [-0.39, 0.29) is 0 Å². The van der Waals surface area contributed by atoms with Gasteiger partial charge < -0.3 is 24.4 Å². The van der Waals surface area contributed by atoms with Gasteiger partial charge >= 0.3 is 0 Å². The minimum absolute atomic E-state index is 0.597. The van der Waals surface area contributed by atoms with Crippen LogP contribution in [-0.4, -0.2) is 47.0 Å². The zero-order chi connectivity index (χ0) is 21.8. The van der Waals surface area contributed by atoms with Crippen LogP contribution in [0.5, 0.6) is 17.2 Å². The number of nitrogens with zero attached hydrogens (tertiary/aromatic N) is 2. The summed E-state index contributed by atoms with van der Waals surface area (Å²) in [5.41, 5.74) is 2.63. The number of rotatable bonds is 8. The van der Waals surface area contributed by atoms with Gasteiger partial charge in [0.1, 0.15) is 5.82 Å². The average molecular weight is 424 g/mol. The summed E-state index contributed by atoms with van der Waals surface area (Å²) in [6.45, 7) is 1.83. The molecule has 3 aliphatic carbocycles. The van der Waals surface area contributed by atoms with E-state index in [0.29, 0.717) is 22.7 Å². The lowest BCUT2D eigenvalue weighted by Crippen LogP contribution is -2.27. The number of hydrogen-bond donors (Lipinski definition) is 1. The maximum Gasteiger partial charge on any atom is 0.204 e. The first-order valence-corrected chi connectivity index (χ1v) is 11.2. The van der Waals surface area contributed by atoms with Crippen LogP contribution in [0.25, 0.3) is 10.9 Å². The van der Waals surface area contributed by atoms with Gasteiger partial charge in [0, 0.05) is 37.7 Å². The molecular weight excluding hydrogens is 390 g/mol. The summed E-state index contributed by atoms with van der Waals surface area (Å²) in [5, 5.41) is 4.68. The normalized spacial score (nSPS) is 24.7. The average Bonchev–Trinajstić information content (AvgIpc) is 3.44. The molecule has 2 aromatic rings. The fourth-order valence-corrected chi connectivity index (χ4v) is 6.09. The molecule has 0 saturated heterocycles. The number of hydrogen-bond acceptors (Lipinski definition) is 6. The van der Waals surface area contributed by atoms with Crippen molar-refractivity contribution in [1.82, 2.24) is 10.3 Å². The molecule has 1 aromatic heterocycles. The van der Waals surface area contributed by atoms with Crippen LogP contribution in [0.4, 0.5) is 5.82 Å². The summed E-state index contributed by atoms with van der Waals surface area (Å²) in [5.74, 6) is 5.20. The Morgan fingerprint density at radius 1 is 1.06 bits per heavy atom. The van der Waals surface area contributed by atoms with E-state index in [0.717, 1.165) is 53.1 Å². The molecule has 2 bridgehead atoms. The highest BCUT2D eigenvalue weighted by Crippen LogP contribution is 2.69. The van der Waals surface area contributed by atoms with E-state index in [9.17, 15) is 0 Å². The Hall–Kier alpha value is -2.47. The van der Waals surface area contributed by atoms with Crippen LogP contribution in [0.2, 0.25) is 0 Å². The first-order valence-electron chi connectivity index (χ1n) is 11.2. The number of fused-ring (bicyclic) bond motifs is 1. The van der Waals surface area contributed by atoms with Crippen molar-refractivity contribution in [2.75, 3.05) is 46.9 Å². The summed E-state index contributed by atoms with van der Waals surface area (Å²) < 4.78 is 16.8. The molecule has 6 nitrogen and oxygen atoms in total. The lowest BCUT2D eigenvalue weighted by atomic mass is 9.89. The summed E-state index contributed by atoms with van der Waals surface area (Å²) in [4.78, 5) is 7.02. The molecule has 0 amide bonds. The van der Waals surface area contributed by atoms with Crippen LogP contribution >= 0.6 is 0 Å². The van der Waals surface area contributed by atoms with Gasteiger partial charge in [-0.3, -0.25) is 0 Å². The Morgan fingerprint density at radius 2 is 1.84 bits per heavy atom. The van der Waals surface area contributed by atoms with Gasteiger partial charge in [-0.2, -0.15) is 0 Å². The smallest absolute Gasteiger partial charge is 0.204 e. The molecule has 3 atom stereocenters. The van der Waals surface area contributed by atoms with Crippen molar-refractivity contribution in [3.63, 3.8) is 0 Å². The third kappa shape index (κ3) is 3.15. The van der Waals surface area contributed by atoms with E-state index in [4.69, 9.17) is 19.2 Å². The Balaban J connectivity index is 1.42. The van der Waals surface area contributed by atoms with Crippen LogP contribution in [-0.2, 0) is 6.54 Å². The number of anilines is 1. The van der Waals surface area contributed by atoms with Crippen LogP contribution in [0.15, 0.2) is 24.3 Å². The van der Waals surface area contributed by atoms with Crippen molar-refractivity contribution in [1.29, 1.82) is 0 Å². The maximum atomic E-state index is 5.71. The zero-order valence-corrected chi connectivity index (χ0v) is 19.2. The van der Waals surface area contributed by atoms with Crippen molar-refractivity contribution in [3.8, 4) is 17.2 Å². The summed E-state index contributed by atoms with van der Waals surface area (Å²) in [6, 6.07) is 4.09. The molecule has 6 heteroatoms. The minimum Gasteiger partial charge on any atom is -0.493 e. The lowest BCUT2D eigenvalue weighted by molar-refractivity contribution is 0.327. The number of pyridine rings is 1. The van der Waals surface area contributed by atoms with E-state index in [1.54, 1.807) is 21.3 Å². The van der Waals surface area contributed by atoms with Gasteiger partial charge in [0.15, 0.2) is 11.5 Å². The standard InChI is InChI=1S/C25H33N3O3/c1-28(2)24-16(14-26-13-15-10-17-6-7-19(15)25(17)8-9-25)11-18-20(27-24)12-21(29-3)23(31-5)22(18)30-4/h6-7,11-12,15,17,19,26H,8-10,13-14H2,1-5H3. The highest BCUT2D eigenvalue weighted by molar-refractivity contribution is 5.92. The number of methoxy groups -OCH3 is 3. The molecule has 3 unspecified atom stereocenters. The van der Waals surface area contributed by atoms with Gasteiger partial charge in [-0.25, -0.2) is 4.98 Å². The number of allylic oxidation sites excluding steroid dienone is 2. The maximum absolute atomic E-state index is 5.71. The molecule has 2 fully saturated rings. The molecule has 2 saturated carbocycles. The van der Waals surface area contributed by atoms with Gasteiger partial charge in [0.25, 0.3) is 0 Å². The fourth-order valence-electron chi connectivity index (χ4n) is 6.09. The molecule has 31 heavy (non-hydrogen) atoms. The van der Waals surface area contributed by atoms with E-state index in [1.165, 1.54) is 19.3 Å². The molecule has 1 heterocycles. The second-order valence-corrected chi connectivity index (χ2v) is 9.45. The first-order chi connectivity index (χ1) is 15.0. The SMILES string of the molecule is COc1cc2nc(N(C)C)c(CNCC3CC4C=CC3C43CC3)cc2c(OC)c1OC. The van der Waals surface area contributed by atoms with Crippen LogP contribution in [0.3, 0.4) is 0 Å². The van der Waals surface area contributed by atoms with Crippen molar-refractivity contribution in [3.05, 3.63) is 29.8 Å². The van der Waals surface area contributed by atoms with Gasteiger partial charge in [-0.15, -0.1) is 0 Å². The van der Waals surface area contributed by atoms with Crippen molar-refractivity contribution in [2.24, 2.45) is 23.2 Å². The molecule has 166 valence electrons. The second-order valence-electron chi connectivity index (χ2n) is 9.45. The number of nitrogens with one attached hydrogen (secondary N) is 1. The van der Waals surface area contributed by atoms with Crippen LogP contribution in [0, 0.1) is 23.2 Å². The molecule has 1 spiro atoms. The first kappa shape index (κ1) is 20.4. The van der Waals surface area contributed by atoms with E-state index < -0.39 is 0 Å². The van der Waals surface area contributed by atoms with E-state index in [1.807, 2.05) is 20.2 Å². The molecule has 5 rings (SSSR count). The van der Waals surface area contributed by atoms with Crippen LogP contribution in [0.1, 0.15) is 24.8 Å². The highest BCUT2D eigenvalue weighted by atomic mass is 16.5. The van der Waals surface area contributed by atoms with Gasteiger partial charge in [0.05, 0.1) is 26.8 Å². The monoisotopic (exact) mass is 423 g/mol. The zero-order valence-electron chi connectivity index (χ0n) is 19.2. The molecule has 1 aromatic carbocycles. The minimum atomic E-state index is 0.597. The Bertz CT molecular complexity index is 1030. The number of aromatic nitrogens is 1. The number of benzene rings is 1. The van der Waals surface area contributed by atoms with Crippen molar-refractivity contribution >= 4 is 16.7 Å². The Morgan fingerprint density at radius 3 is 2.45 bits per heavy atom. The van der Waals surface area contributed by atoms with Crippen LogP contribution < -0.4 is 24.4 Å². The van der Waals surface area contributed by atoms with Gasteiger partial charge in [0.2, 0.25) is 5.75 Å². The Labute approximate surface area is 184 Å². The molecular formula is C25H33N3O3. The number of ether oxygens (including phenoxy) is 3. The quantitative estimate of drug-likeness (QED) is 0.648. The highest BCUT2D eigenvalue weighted by Gasteiger charge is 2.62. The summed E-state index contributed by atoms with van der Waals surface area (Å²) >= 11 is 0. The Kier molecular flexibility index (Phi) is 5.00. The third-order valence-corrected chi connectivity index (χ3v) is 7.67. The summed E-state index contributed by atoms with van der Waals surface area (Å²) in [7, 11) is 8.99. The lowest BCUT2D eigenvalue weighted by Gasteiger charge is -2.22. The summed E-state index contributed by atoms with van der Waals surface area (Å²) in [6.07, 6.45) is 9.18. The predicted octanol–water partition coefficient (Wildman–Crippen LogP) is 4.02. The van der Waals surface area contributed by atoms with E-state index >= 15 is 0 Å². The van der Waals surface area contributed by atoms with E-state index in [2.05, 4.69) is 28.4 Å². The van der Waals surface area contributed by atoms with Crippen molar-refractivity contribution < 1.29 is 14.2 Å². The van der Waals surface area contributed by atoms with Gasteiger partial charge in [-0.05, 0) is 55.0 Å². The molecule has 0 radical (unpaired) electrons. The topological polar surface area (TPSA) is 55.9 Å².